The van der Waals surface area contributed by atoms with E-state index < -0.39 is 24.7 Å². The fraction of sp³-hybridized carbons (Fsp3) is 0.364. The molecule has 1 aromatic carbocycles. The van der Waals surface area contributed by atoms with Crippen molar-refractivity contribution < 1.29 is 32.6 Å². The third kappa shape index (κ3) is 4.09. The first-order chi connectivity index (χ1) is 8.75. The number of halogens is 4. The minimum atomic E-state index is -4.81. The Balaban J connectivity index is 2.90. The van der Waals surface area contributed by atoms with E-state index in [1.165, 1.54) is 6.92 Å². The Morgan fingerprint density at radius 1 is 1.42 bits per heavy atom. The Kier molecular flexibility index (Phi) is 4.71. The molecule has 0 aromatic heterocycles. The maximum atomic E-state index is 13.0. The van der Waals surface area contributed by atoms with Gasteiger partial charge in [-0.05, 0) is 25.1 Å². The lowest BCUT2D eigenvalue weighted by Crippen LogP contribution is -2.34. The second-order valence-electron chi connectivity index (χ2n) is 3.69. The third-order valence-electron chi connectivity index (χ3n) is 2.26. The van der Waals surface area contributed by atoms with Crippen LogP contribution < -0.4 is 4.74 Å². The zero-order valence-corrected chi connectivity index (χ0v) is 9.78. The minimum absolute atomic E-state index is 0.00289. The van der Waals surface area contributed by atoms with Crippen molar-refractivity contribution in [3.63, 3.8) is 0 Å². The summed E-state index contributed by atoms with van der Waals surface area (Å²) in [5.41, 5.74) is -0.0344. The van der Waals surface area contributed by atoms with Gasteiger partial charge in [0.2, 0.25) is 0 Å². The van der Waals surface area contributed by atoms with Crippen LogP contribution in [0.2, 0.25) is 0 Å². The predicted octanol–water partition coefficient (Wildman–Crippen LogP) is 2.33. The van der Waals surface area contributed by atoms with Crippen LogP contribution in [0.25, 0.3) is 0 Å². The lowest BCUT2D eigenvalue weighted by molar-refractivity contribution is -0.210. The largest absolute Gasteiger partial charge is 0.490 e. The van der Waals surface area contributed by atoms with E-state index in [1.807, 2.05) is 0 Å². The van der Waals surface area contributed by atoms with Gasteiger partial charge < -0.3 is 15.1 Å². The van der Waals surface area contributed by atoms with Gasteiger partial charge >= 0.3 is 6.18 Å². The molecule has 0 saturated carbocycles. The van der Waals surface area contributed by atoms with Crippen LogP contribution in [0.5, 0.6) is 5.75 Å². The first-order valence-corrected chi connectivity index (χ1v) is 5.12. The Labute approximate surface area is 105 Å². The first-order valence-electron chi connectivity index (χ1n) is 5.12. The van der Waals surface area contributed by atoms with E-state index in [4.69, 9.17) is 15.1 Å². The number of alkyl halides is 3. The fourth-order valence-corrected chi connectivity index (χ4v) is 1.23. The molecule has 0 radical (unpaired) electrons. The summed E-state index contributed by atoms with van der Waals surface area (Å²) in [6.07, 6.45) is -7.46. The number of hydrogen-bond acceptors (Lipinski definition) is 4. The average molecular weight is 281 g/mol. The normalized spacial score (nSPS) is 14.3. The van der Waals surface area contributed by atoms with Crippen molar-refractivity contribution in [2.75, 3.05) is 6.61 Å². The zero-order valence-electron chi connectivity index (χ0n) is 9.78. The maximum absolute atomic E-state index is 13.0. The second kappa shape index (κ2) is 5.87. The van der Waals surface area contributed by atoms with Gasteiger partial charge in [0.15, 0.2) is 6.10 Å². The molecule has 0 spiro atoms. The molecule has 0 heterocycles. The fourth-order valence-electron chi connectivity index (χ4n) is 1.23. The van der Waals surface area contributed by atoms with Crippen molar-refractivity contribution in [2.24, 2.45) is 5.16 Å². The van der Waals surface area contributed by atoms with Gasteiger partial charge in [0.1, 0.15) is 18.2 Å². The van der Waals surface area contributed by atoms with E-state index in [-0.39, 0.29) is 17.0 Å². The van der Waals surface area contributed by atoms with Gasteiger partial charge in [-0.3, -0.25) is 0 Å². The van der Waals surface area contributed by atoms with Crippen LogP contribution in [0.1, 0.15) is 12.5 Å². The zero-order chi connectivity index (χ0) is 14.6. The van der Waals surface area contributed by atoms with Gasteiger partial charge in [0.05, 0.1) is 5.71 Å². The van der Waals surface area contributed by atoms with Gasteiger partial charge in [0, 0.05) is 5.56 Å². The van der Waals surface area contributed by atoms with E-state index >= 15 is 0 Å². The summed E-state index contributed by atoms with van der Waals surface area (Å²) in [5, 5.41) is 20.2. The van der Waals surface area contributed by atoms with E-state index in [0.717, 1.165) is 18.2 Å². The number of rotatable bonds is 4. The van der Waals surface area contributed by atoms with Crippen molar-refractivity contribution in [3.05, 3.63) is 29.6 Å². The predicted molar refractivity (Wildman–Crippen MR) is 58.0 cm³/mol. The second-order valence-corrected chi connectivity index (χ2v) is 3.69. The number of hydrogen-bond donors (Lipinski definition) is 2. The van der Waals surface area contributed by atoms with Gasteiger partial charge in [-0.15, -0.1) is 0 Å². The molecule has 19 heavy (non-hydrogen) atoms. The van der Waals surface area contributed by atoms with E-state index in [1.54, 1.807) is 0 Å². The molecule has 0 aliphatic heterocycles. The number of aliphatic hydroxyl groups excluding tert-OH is 1. The maximum Gasteiger partial charge on any atom is 0.417 e. The quantitative estimate of drug-likeness (QED) is 0.385. The van der Waals surface area contributed by atoms with Crippen LogP contribution in [-0.4, -0.2) is 34.9 Å². The molecule has 0 bridgehead atoms. The van der Waals surface area contributed by atoms with Crippen LogP contribution in [0.4, 0.5) is 17.6 Å². The molecule has 8 heteroatoms. The summed E-state index contributed by atoms with van der Waals surface area (Å²) in [5.74, 6) is -0.790. The average Bonchev–Trinajstić information content (AvgIpc) is 2.34. The van der Waals surface area contributed by atoms with Crippen molar-refractivity contribution >= 4 is 5.71 Å². The lowest BCUT2D eigenvalue weighted by Gasteiger charge is -2.16. The first kappa shape index (κ1) is 15.2. The van der Waals surface area contributed by atoms with Gasteiger partial charge in [-0.1, -0.05) is 5.16 Å². The van der Waals surface area contributed by atoms with Crippen LogP contribution in [0.3, 0.4) is 0 Å². The highest BCUT2D eigenvalue weighted by atomic mass is 19.4. The molecule has 2 N–H and O–H groups in total. The van der Waals surface area contributed by atoms with Crippen molar-refractivity contribution in [2.45, 2.75) is 19.2 Å². The molecule has 1 rings (SSSR count). The van der Waals surface area contributed by atoms with Crippen molar-refractivity contribution in [3.8, 4) is 5.75 Å². The Morgan fingerprint density at radius 3 is 2.58 bits per heavy atom. The summed E-state index contributed by atoms with van der Waals surface area (Å²) >= 11 is 0. The molecule has 0 aliphatic carbocycles. The van der Waals surface area contributed by atoms with Crippen LogP contribution in [0, 0.1) is 5.82 Å². The van der Waals surface area contributed by atoms with Gasteiger partial charge in [-0.25, -0.2) is 4.39 Å². The lowest BCUT2D eigenvalue weighted by atomic mass is 10.1. The smallest absolute Gasteiger partial charge is 0.417 e. The minimum Gasteiger partial charge on any atom is -0.490 e. The molecule has 1 atom stereocenters. The molecule has 0 fully saturated rings. The number of benzene rings is 1. The van der Waals surface area contributed by atoms with Gasteiger partial charge in [-0.2, -0.15) is 13.2 Å². The number of nitrogens with zero attached hydrogens (tertiary/aromatic N) is 1. The monoisotopic (exact) mass is 281 g/mol. The molecule has 0 amide bonds. The summed E-state index contributed by atoms with van der Waals surface area (Å²) in [6, 6.07) is 3.01. The molecule has 1 unspecified atom stereocenters. The summed E-state index contributed by atoms with van der Waals surface area (Å²) < 4.78 is 54.0. The number of aliphatic hydroxyl groups is 1. The van der Waals surface area contributed by atoms with Gasteiger partial charge in [0.25, 0.3) is 0 Å². The molecule has 0 saturated heterocycles. The molecular formula is C11H11F4NO3. The standard InChI is InChI=1S/C11H11F4NO3/c1-6(16-18)8-4-7(12)2-3-9(8)19-5-10(17)11(13,14)15/h2-4,10,17-18H,5H2,1H3. The van der Waals surface area contributed by atoms with E-state index in [9.17, 15) is 17.6 Å². The van der Waals surface area contributed by atoms with E-state index in [2.05, 4.69) is 5.16 Å². The SMILES string of the molecule is CC(=NO)c1cc(F)ccc1OCC(O)C(F)(F)F. The van der Waals surface area contributed by atoms with Crippen LogP contribution >= 0.6 is 0 Å². The van der Waals surface area contributed by atoms with Crippen molar-refractivity contribution in [1.29, 1.82) is 0 Å². The summed E-state index contributed by atoms with van der Waals surface area (Å²) in [4.78, 5) is 0. The highest BCUT2D eigenvalue weighted by Gasteiger charge is 2.38. The Morgan fingerprint density at radius 2 is 2.05 bits per heavy atom. The highest BCUT2D eigenvalue weighted by Crippen LogP contribution is 2.24. The molecular weight excluding hydrogens is 270 g/mol. The third-order valence-corrected chi connectivity index (χ3v) is 2.26. The van der Waals surface area contributed by atoms with Crippen LogP contribution in [-0.2, 0) is 0 Å². The molecule has 106 valence electrons. The van der Waals surface area contributed by atoms with Crippen LogP contribution in [0.15, 0.2) is 23.4 Å². The Hall–Kier alpha value is -1.83. The summed E-state index contributed by atoms with van der Waals surface area (Å²) in [7, 11) is 0. The van der Waals surface area contributed by atoms with Crippen molar-refractivity contribution in [1.82, 2.24) is 0 Å². The molecule has 0 aliphatic rings. The number of ether oxygens (including phenoxy) is 1. The highest BCUT2D eigenvalue weighted by molar-refractivity contribution is 6.00. The summed E-state index contributed by atoms with van der Waals surface area (Å²) in [6.45, 7) is 0.280. The number of oxime groups is 1. The topological polar surface area (TPSA) is 62.1 Å². The van der Waals surface area contributed by atoms with E-state index in [0.29, 0.717) is 0 Å². The molecule has 1 aromatic rings. The molecule has 4 nitrogen and oxygen atoms in total. The Bertz CT molecular complexity index is 473.